The lowest BCUT2D eigenvalue weighted by Crippen LogP contribution is -2.09. The normalized spacial score (nSPS) is 9.50. The molecule has 0 unspecified atom stereocenters. The lowest BCUT2D eigenvalue weighted by atomic mass is 10.3. The number of nitrogens with two attached hydrogens (primary N) is 1. The van der Waals surface area contributed by atoms with Crippen molar-refractivity contribution in [3.63, 3.8) is 0 Å². The molecule has 0 aromatic heterocycles. The van der Waals surface area contributed by atoms with Crippen LogP contribution in [0.3, 0.4) is 0 Å². The first kappa shape index (κ1) is 9.20. The zero-order valence-electron chi connectivity index (χ0n) is 5.95. The molecule has 0 bridgehead atoms. The van der Waals surface area contributed by atoms with E-state index in [1.54, 1.807) is 18.2 Å². The van der Waals surface area contributed by atoms with E-state index in [0.29, 0.717) is 9.26 Å². The van der Waals surface area contributed by atoms with Crippen LogP contribution >= 0.6 is 22.6 Å². The Kier molecular flexibility index (Phi) is 2.82. The number of hydrazine groups is 1. The van der Waals surface area contributed by atoms with Gasteiger partial charge in [-0.2, -0.15) is 0 Å². The van der Waals surface area contributed by atoms with Crippen LogP contribution in [-0.4, -0.2) is 4.92 Å². The highest BCUT2D eigenvalue weighted by molar-refractivity contribution is 14.1. The van der Waals surface area contributed by atoms with Gasteiger partial charge in [-0.15, -0.1) is 0 Å². The van der Waals surface area contributed by atoms with Crippen LogP contribution in [0.15, 0.2) is 18.2 Å². The number of anilines is 1. The molecule has 0 amide bonds. The second kappa shape index (κ2) is 3.68. The maximum atomic E-state index is 10.5. The smallest absolute Gasteiger partial charge is 0.306 e. The van der Waals surface area contributed by atoms with Crippen LogP contribution in [0.4, 0.5) is 11.4 Å². The number of nitrogens with zero attached hydrogens (tertiary/aromatic N) is 1. The molecule has 0 saturated heterocycles. The van der Waals surface area contributed by atoms with Crippen molar-refractivity contribution in [3.8, 4) is 0 Å². The third kappa shape index (κ3) is 1.64. The fourth-order valence-electron chi connectivity index (χ4n) is 0.817. The predicted molar refractivity (Wildman–Crippen MR) is 53.6 cm³/mol. The molecule has 0 atom stereocenters. The van der Waals surface area contributed by atoms with Gasteiger partial charge in [0.05, 0.1) is 8.49 Å². The SMILES string of the molecule is NNc1cccc(I)c1[N+](=O)[O-]. The Labute approximate surface area is 82.2 Å². The highest BCUT2D eigenvalue weighted by Gasteiger charge is 2.16. The van der Waals surface area contributed by atoms with Crippen molar-refractivity contribution in [2.45, 2.75) is 0 Å². The quantitative estimate of drug-likeness (QED) is 0.372. The van der Waals surface area contributed by atoms with Gasteiger partial charge in [-0.1, -0.05) is 6.07 Å². The Bertz CT molecular complexity index is 316. The van der Waals surface area contributed by atoms with Gasteiger partial charge in [0.25, 0.3) is 0 Å². The number of hydrogen-bond donors (Lipinski definition) is 2. The molecule has 0 radical (unpaired) electrons. The van der Waals surface area contributed by atoms with E-state index in [-0.39, 0.29) is 5.69 Å². The van der Waals surface area contributed by atoms with Gasteiger partial charge in [0.1, 0.15) is 5.69 Å². The lowest BCUT2D eigenvalue weighted by molar-refractivity contribution is -0.384. The van der Waals surface area contributed by atoms with Crippen molar-refractivity contribution in [2.75, 3.05) is 5.43 Å². The zero-order valence-corrected chi connectivity index (χ0v) is 8.11. The summed E-state index contributed by atoms with van der Waals surface area (Å²) in [6.45, 7) is 0. The Morgan fingerprint density at radius 1 is 1.58 bits per heavy atom. The summed E-state index contributed by atoms with van der Waals surface area (Å²) in [6, 6.07) is 4.91. The molecule has 0 saturated carbocycles. The summed E-state index contributed by atoms with van der Waals surface area (Å²) in [5.41, 5.74) is 2.61. The van der Waals surface area contributed by atoms with Gasteiger partial charge >= 0.3 is 5.69 Å². The van der Waals surface area contributed by atoms with E-state index in [2.05, 4.69) is 5.43 Å². The standard InChI is InChI=1S/C6H6IN3O2/c7-4-2-1-3-5(9-8)6(4)10(11)12/h1-3,9H,8H2. The number of nitro benzene ring substituents is 1. The van der Waals surface area contributed by atoms with Crippen molar-refractivity contribution in [3.05, 3.63) is 31.9 Å². The molecular formula is C6H6IN3O2. The van der Waals surface area contributed by atoms with E-state index in [9.17, 15) is 10.1 Å². The van der Waals surface area contributed by atoms with Crippen LogP contribution < -0.4 is 11.3 Å². The first-order valence-electron chi connectivity index (χ1n) is 3.06. The minimum atomic E-state index is -0.461. The second-order valence-corrected chi connectivity index (χ2v) is 3.20. The predicted octanol–water partition coefficient (Wildman–Crippen LogP) is 1.49. The number of nitrogen functional groups attached to an aromatic ring is 1. The monoisotopic (exact) mass is 279 g/mol. The van der Waals surface area contributed by atoms with E-state index < -0.39 is 4.92 Å². The van der Waals surface area contributed by atoms with Crippen molar-refractivity contribution < 1.29 is 4.92 Å². The van der Waals surface area contributed by atoms with Crippen LogP contribution in [0.25, 0.3) is 0 Å². The van der Waals surface area contributed by atoms with Crippen molar-refractivity contribution in [1.82, 2.24) is 0 Å². The molecular weight excluding hydrogens is 273 g/mol. The number of nitrogens with one attached hydrogen (secondary N) is 1. The molecule has 64 valence electrons. The summed E-state index contributed by atoms with van der Waals surface area (Å²) >= 11 is 1.89. The highest BCUT2D eigenvalue weighted by atomic mass is 127. The molecule has 1 rings (SSSR count). The summed E-state index contributed by atoms with van der Waals surface area (Å²) < 4.78 is 0.563. The Hall–Kier alpha value is -0.890. The molecule has 1 aromatic carbocycles. The van der Waals surface area contributed by atoms with Gasteiger partial charge < -0.3 is 5.43 Å². The molecule has 0 spiro atoms. The molecule has 1 aromatic rings. The van der Waals surface area contributed by atoms with Gasteiger partial charge in [0.15, 0.2) is 0 Å². The van der Waals surface area contributed by atoms with Crippen molar-refractivity contribution in [2.24, 2.45) is 5.84 Å². The maximum Gasteiger partial charge on any atom is 0.306 e. The van der Waals surface area contributed by atoms with Crippen molar-refractivity contribution in [1.29, 1.82) is 0 Å². The number of nitro groups is 1. The fourth-order valence-corrected chi connectivity index (χ4v) is 1.51. The zero-order chi connectivity index (χ0) is 9.14. The number of hydrogen-bond acceptors (Lipinski definition) is 4. The summed E-state index contributed by atoms with van der Waals surface area (Å²) in [5.74, 6) is 5.10. The average molecular weight is 279 g/mol. The van der Waals surface area contributed by atoms with Crippen LogP contribution in [0.2, 0.25) is 0 Å². The Morgan fingerprint density at radius 3 is 2.67 bits per heavy atom. The summed E-state index contributed by atoms with van der Waals surface area (Å²) in [6.07, 6.45) is 0. The van der Waals surface area contributed by atoms with Crippen LogP contribution in [-0.2, 0) is 0 Å². The Morgan fingerprint density at radius 2 is 2.25 bits per heavy atom. The van der Waals surface area contributed by atoms with Gasteiger partial charge in [-0.05, 0) is 34.7 Å². The van der Waals surface area contributed by atoms with E-state index >= 15 is 0 Å². The Balaban J connectivity index is 3.29. The number of benzene rings is 1. The van der Waals surface area contributed by atoms with E-state index in [1.165, 1.54) is 0 Å². The molecule has 6 heteroatoms. The third-order valence-electron chi connectivity index (χ3n) is 1.32. The average Bonchev–Trinajstić information content (AvgIpc) is 2.03. The largest absolute Gasteiger partial charge is 0.318 e. The third-order valence-corrected chi connectivity index (χ3v) is 2.20. The second-order valence-electron chi connectivity index (χ2n) is 2.04. The van der Waals surface area contributed by atoms with Gasteiger partial charge in [0, 0.05) is 0 Å². The molecule has 0 aliphatic rings. The molecule has 3 N–H and O–H groups in total. The maximum absolute atomic E-state index is 10.5. The molecule has 0 heterocycles. The van der Waals surface area contributed by atoms with Gasteiger partial charge in [0.2, 0.25) is 0 Å². The van der Waals surface area contributed by atoms with E-state index in [4.69, 9.17) is 5.84 Å². The van der Waals surface area contributed by atoms with Gasteiger partial charge in [-0.25, -0.2) is 0 Å². The lowest BCUT2D eigenvalue weighted by Gasteiger charge is -2.01. The minimum Gasteiger partial charge on any atom is -0.318 e. The summed E-state index contributed by atoms with van der Waals surface area (Å²) in [7, 11) is 0. The van der Waals surface area contributed by atoms with Crippen molar-refractivity contribution >= 4 is 34.0 Å². The number of rotatable bonds is 2. The van der Waals surface area contributed by atoms with E-state index in [0.717, 1.165) is 0 Å². The molecule has 0 aliphatic carbocycles. The first-order valence-corrected chi connectivity index (χ1v) is 4.14. The molecule has 0 aliphatic heterocycles. The molecule has 0 fully saturated rings. The fraction of sp³-hybridized carbons (Fsp3) is 0. The number of halogens is 1. The highest BCUT2D eigenvalue weighted by Crippen LogP contribution is 2.28. The first-order chi connectivity index (χ1) is 5.66. The summed E-state index contributed by atoms with van der Waals surface area (Å²) in [4.78, 5) is 10.0. The summed E-state index contributed by atoms with van der Waals surface area (Å²) in [5, 5.41) is 10.5. The van der Waals surface area contributed by atoms with Crippen LogP contribution in [0.1, 0.15) is 0 Å². The van der Waals surface area contributed by atoms with Gasteiger partial charge in [-0.3, -0.25) is 16.0 Å². The van der Waals surface area contributed by atoms with Crippen LogP contribution in [0.5, 0.6) is 0 Å². The number of para-hydroxylation sites is 1. The minimum absolute atomic E-state index is 0.0144. The molecule has 5 nitrogen and oxygen atoms in total. The van der Waals surface area contributed by atoms with E-state index in [1.807, 2.05) is 22.6 Å². The molecule has 12 heavy (non-hydrogen) atoms. The topological polar surface area (TPSA) is 81.2 Å². The van der Waals surface area contributed by atoms with Crippen LogP contribution in [0, 0.1) is 13.7 Å².